The summed E-state index contributed by atoms with van der Waals surface area (Å²) < 4.78 is 11.1. The second-order valence-electron chi connectivity index (χ2n) is 6.63. The number of furan rings is 1. The molecule has 0 fully saturated rings. The van der Waals surface area contributed by atoms with Gasteiger partial charge in [-0.1, -0.05) is 31.2 Å². The van der Waals surface area contributed by atoms with E-state index >= 15 is 0 Å². The summed E-state index contributed by atoms with van der Waals surface area (Å²) in [5.74, 6) is 0.680. The zero-order chi connectivity index (χ0) is 20.6. The molecular formula is C23H24N2O4. The summed E-state index contributed by atoms with van der Waals surface area (Å²) in [4.78, 5) is 25.3. The molecule has 150 valence electrons. The van der Waals surface area contributed by atoms with Crippen molar-refractivity contribution in [3.05, 3.63) is 83.8 Å². The van der Waals surface area contributed by atoms with E-state index < -0.39 is 6.10 Å². The van der Waals surface area contributed by atoms with E-state index in [9.17, 15) is 9.59 Å². The van der Waals surface area contributed by atoms with E-state index in [0.717, 1.165) is 5.56 Å². The maximum atomic E-state index is 12.8. The molecule has 6 heteroatoms. The Morgan fingerprint density at radius 3 is 2.62 bits per heavy atom. The predicted molar refractivity (Wildman–Crippen MR) is 111 cm³/mol. The number of aryl methyl sites for hydroxylation is 1. The van der Waals surface area contributed by atoms with E-state index in [0.29, 0.717) is 29.2 Å². The number of anilines is 1. The van der Waals surface area contributed by atoms with Gasteiger partial charge in [0.2, 0.25) is 0 Å². The van der Waals surface area contributed by atoms with E-state index in [1.807, 2.05) is 38.1 Å². The molecule has 3 rings (SSSR count). The smallest absolute Gasteiger partial charge is 0.265 e. The highest BCUT2D eigenvalue weighted by atomic mass is 16.5. The standard InChI is InChI=1S/C23H24N2O4/c1-3-21(29-17-9-6-8-16(2)14-17)23(27)25-20-12-5-4-11-19(20)22(26)24-15-18-10-7-13-28-18/h4-14,21H,3,15H2,1-2H3,(H,24,26)(H,25,27)/t21-/m0/s1. The van der Waals surface area contributed by atoms with Crippen molar-refractivity contribution in [3.8, 4) is 5.75 Å². The van der Waals surface area contributed by atoms with Crippen molar-refractivity contribution in [2.75, 3.05) is 5.32 Å². The van der Waals surface area contributed by atoms with Crippen LogP contribution in [0.25, 0.3) is 0 Å². The molecule has 0 spiro atoms. The van der Waals surface area contributed by atoms with Gasteiger partial charge in [0.25, 0.3) is 11.8 Å². The Morgan fingerprint density at radius 2 is 1.90 bits per heavy atom. The number of carbonyl (C=O) groups excluding carboxylic acids is 2. The van der Waals surface area contributed by atoms with Crippen molar-refractivity contribution < 1.29 is 18.7 Å². The highest BCUT2D eigenvalue weighted by Gasteiger charge is 2.21. The second kappa shape index (κ2) is 9.59. The van der Waals surface area contributed by atoms with E-state index in [4.69, 9.17) is 9.15 Å². The molecule has 0 bridgehead atoms. The van der Waals surface area contributed by atoms with Crippen molar-refractivity contribution >= 4 is 17.5 Å². The van der Waals surface area contributed by atoms with Gasteiger partial charge in [-0.2, -0.15) is 0 Å². The lowest BCUT2D eigenvalue weighted by Gasteiger charge is -2.18. The topological polar surface area (TPSA) is 80.6 Å². The molecule has 1 aromatic heterocycles. The van der Waals surface area contributed by atoms with Crippen LogP contribution in [0, 0.1) is 6.92 Å². The first-order valence-electron chi connectivity index (χ1n) is 9.50. The molecule has 0 unspecified atom stereocenters. The molecule has 6 nitrogen and oxygen atoms in total. The normalized spacial score (nSPS) is 11.5. The molecule has 0 aliphatic heterocycles. The second-order valence-corrected chi connectivity index (χ2v) is 6.63. The average molecular weight is 392 g/mol. The Kier molecular flexibility index (Phi) is 6.68. The zero-order valence-electron chi connectivity index (χ0n) is 16.5. The fourth-order valence-electron chi connectivity index (χ4n) is 2.85. The van der Waals surface area contributed by atoms with Gasteiger partial charge in [0, 0.05) is 0 Å². The van der Waals surface area contributed by atoms with Crippen molar-refractivity contribution in [1.29, 1.82) is 0 Å². The molecule has 0 aliphatic rings. The molecule has 3 aromatic rings. The van der Waals surface area contributed by atoms with Crippen molar-refractivity contribution in [1.82, 2.24) is 5.32 Å². The Labute approximate surface area is 169 Å². The predicted octanol–water partition coefficient (Wildman–Crippen LogP) is 4.31. The van der Waals surface area contributed by atoms with E-state index in [-0.39, 0.29) is 18.4 Å². The maximum Gasteiger partial charge on any atom is 0.265 e. The average Bonchev–Trinajstić information content (AvgIpc) is 3.24. The number of benzene rings is 2. The number of para-hydroxylation sites is 1. The van der Waals surface area contributed by atoms with Gasteiger partial charge < -0.3 is 19.8 Å². The van der Waals surface area contributed by atoms with E-state index in [2.05, 4.69) is 10.6 Å². The lowest BCUT2D eigenvalue weighted by Crippen LogP contribution is -2.33. The molecule has 0 saturated carbocycles. The van der Waals surface area contributed by atoms with Gasteiger partial charge in [-0.25, -0.2) is 0 Å². The fraction of sp³-hybridized carbons (Fsp3) is 0.217. The van der Waals surface area contributed by atoms with Gasteiger partial charge in [0.1, 0.15) is 11.5 Å². The third-order valence-electron chi connectivity index (χ3n) is 4.36. The van der Waals surface area contributed by atoms with Crippen LogP contribution in [0.3, 0.4) is 0 Å². The first kappa shape index (κ1) is 20.2. The summed E-state index contributed by atoms with van der Waals surface area (Å²) in [5.41, 5.74) is 1.86. The van der Waals surface area contributed by atoms with Crippen LogP contribution in [0.4, 0.5) is 5.69 Å². The first-order valence-corrected chi connectivity index (χ1v) is 9.50. The molecule has 0 saturated heterocycles. The molecule has 29 heavy (non-hydrogen) atoms. The van der Waals surface area contributed by atoms with Gasteiger partial charge in [0.15, 0.2) is 6.10 Å². The number of carbonyl (C=O) groups is 2. The highest BCUT2D eigenvalue weighted by molar-refractivity contribution is 6.04. The van der Waals surface area contributed by atoms with Crippen LogP contribution in [0.1, 0.15) is 35.0 Å². The van der Waals surface area contributed by atoms with Crippen LogP contribution in [0.15, 0.2) is 71.3 Å². The minimum Gasteiger partial charge on any atom is -0.481 e. The summed E-state index contributed by atoms with van der Waals surface area (Å²) in [6, 6.07) is 18.0. The lowest BCUT2D eigenvalue weighted by molar-refractivity contribution is -0.122. The van der Waals surface area contributed by atoms with Crippen molar-refractivity contribution in [2.24, 2.45) is 0 Å². The lowest BCUT2D eigenvalue weighted by atomic mass is 10.1. The minimum atomic E-state index is -0.670. The van der Waals surface area contributed by atoms with Crippen molar-refractivity contribution in [3.63, 3.8) is 0 Å². The van der Waals surface area contributed by atoms with Crippen LogP contribution in [0.2, 0.25) is 0 Å². The van der Waals surface area contributed by atoms with Crippen LogP contribution < -0.4 is 15.4 Å². The first-order chi connectivity index (χ1) is 14.1. The van der Waals surface area contributed by atoms with Crippen molar-refractivity contribution in [2.45, 2.75) is 32.9 Å². The Balaban J connectivity index is 1.68. The van der Waals surface area contributed by atoms with E-state index in [1.165, 1.54) is 0 Å². The van der Waals surface area contributed by atoms with Gasteiger partial charge in [-0.15, -0.1) is 0 Å². The molecular weight excluding hydrogens is 368 g/mol. The minimum absolute atomic E-state index is 0.266. The summed E-state index contributed by atoms with van der Waals surface area (Å²) >= 11 is 0. The fourth-order valence-corrected chi connectivity index (χ4v) is 2.85. The van der Waals surface area contributed by atoms with Crippen LogP contribution in [-0.4, -0.2) is 17.9 Å². The largest absolute Gasteiger partial charge is 0.481 e. The quantitative estimate of drug-likeness (QED) is 0.598. The number of nitrogens with one attached hydrogen (secondary N) is 2. The van der Waals surface area contributed by atoms with Gasteiger partial charge in [0.05, 0.1) is 24.1 Å². The molecule has 0 aliphatic carbocycles. The Hall–Kier alpha value is -3.54. The third kappa shape index (κ3) is 5.48. The number of amides is 2. The van der Waals surface area contributed by atoms with Crippen LogP contribution in [-0.2, 0) is 11.3 Å². The zero-order valence-corrected chi connectivity index (χ0v) is 16.5. The number of hydrogen-bond acceptors (Lipinski definition) is 4. The molecule has 2 N–H and O–H groups in total. The number of hydrogen-bond donors (Lipinski definition) is 2. The summed E-state index contributed by atoms with van der Waals surface area (Å²) in [5, 5.41) is 5.61. The van der Waals surface area contributed by atoms with Gasteiger partial charge in [-0.3, -0.25) is 9.59 Å². The Morgan fingerprint density at radius 1 is 1.07 bits per heavy atom. The SMILES string of the molecule is CC[C@H](Oc1cccc(C)c1)C(=O)Nc1ccccc1C(=O)NCc1ccco1. The third-order valence-corrected chi connectivity index (χ3v) is 4.36. The molecule has 2 amide bonds. The summed E-state index contributed by atoms with van der Waals surface area (Å²) in [6.45, 7) is 4.11. The highest BCUT2D eigenvalue weighted by Crippen LogP contribution is 2.19. The number of ether oxygens (including phenoxy) is 1. The summed E-state index contributed by atoms with van der Waals surface area (Å²) in [7, 11) is 0. The van der Waals surface area contributed by atoms with Crippen LogP contribution in [0.5, 0.6) is 5.75 Å². The monoisotopic (exact) mass is 392 g/mol. The molecule has 2 aromatic carbocycles. The molecule has 0 radical (unpaired) electrons. The van der Waals surface area contributed by atoms with Crippen LogP contribution >= 0.6 is 0 Å². The van der Waals surface area contributed by atoms with Gasteiger partial charge in [-0.05, 0) is 55.3 Å². The van der Waals surface area contributed by atoms with E-state index in [1.54, 1.807) is 42.7 Å². The molecule has 1 heterocycles. The van der Waals surface area contributed by atoms with Gasteiger partial charge >= 0.3 is 0 Å². The summed E-state index contributed by atoms with van der Waals surface area (Å²) in [6.07, 6.45) is 1.37. The Bertz CT molecular complexity index is 967. The number of rotatable bonds is 8. The molecule has 1 atom stereocenters. The maximum absolute atomic E-state index is 12.8.